The van der Waals surface area contributed by atoms with Crippen LogP contribution < -0.4 is 5.46 Å². The van der Waals surface area contributed by atoms with Gasteiger partial charge in [-0.1, -0.05) is 63.5 Å². The fraction of sp³-hybridized carbons (Fsp3) is 0.457. The predicted molar refractivity (Wildman–Crippen MR) is 468 cm³/mol. The summed E-state index contributed by atoms with van der Waals surface area (Å²) in [6, 6.07) is 18.9. The third-order valence-corrected chi connectivity index (χ3v) is 17.4. The van der Waals surface area contributed by atoms with Gasteiger partial charge in [-0.05, 0) is 294 Å². The normalized spacial score (nSPS) is 11.5. The first-order chi connectivity index (χ1) is 54.5. The number of aliphatic carboxylic acids is 2. The van der Waals surface area contributed by atoms with Crippen LogP contribution in [0.5, 0.6) is 0 Å². The minimum atomic E-state index is -0.833. The van der Waals surface area contributed by atoms with Crippen molar-refractivity contribution in [1.82, 2.24) is 0 Å². The van der Waals surface area contributed by atoms with E-state index in [1.54, 1.807) is 72.8 Å². The Kier molecular flexibility index (Phi) is 64.0. The van der Waals surface area contributed by atoms with Gasteiger partial charge in [-0.2, -0.15) is 0 Å². The number of carboxylic acids is 2. The number of unbranched alkanes of at least 4 members (excludes halogenated alkanes) is 16. The molecule has 22 nitrogen and oxygen atoms in total. The second-order valence-electron chi connectivity index (χ2n) is 27.2. The fourth-order valence-corrected chi connectivity index (χ4v) is 10.7. The van der Waals surface area contributed by atoms with Crippen LogP contribution in [0.15, 0.2) is 174 Å². The van der Waals surface area contributed by atoms with Crippen molar-refractivity contribution in [2.45, 2.75) is 222 Å². The van der Waals surface area contributed by atoms with Crippen molar-refractivity contribution in [3.63, 3.8) is 0 Å². The maximum absolute atomic E-state index is 13.1. The molecule has 0 bridgehead atoms. The number of benzene rings is 4. The van der Waals surface area contributed by atoms with E-state index in [2.05, 4.69) is 75.2 Å². The summed E-state index contributed by atoms with van der Waals surface area (Å²) >= 11 is 2.07. The molecule has 0 atom stereocenters. The van der Waals surface area contributed by atoms with Crippen LogP contribution in [0.4, 0.5) is 0 Å². The van der Waals surface area contributed by atoms with Crippen LogP contribution in [0.2, 0.25) is 0 Å². The molecule has 1 aliphatic heterocycles. The van der Waals surface area contributed by atoms with E-state index in [1.807, 2.05) is 52.0 Å². The molecule has 1 heterocycles. The fourth-order valence-electron chi connectivity index (χ4n) is 10.00. The van der Waals surface area contributed by atoms with Crippen LogP contribution >= 0.6 is 22.6 Å². The van der Waals surface area contributed by atoms with E-state index in [0.29, 0.717) is 79.8 Å². The smallest absolute Gasteiger partial charge is 0.481 e. The first-order valence-corrected chi connectivity index (χ1v) is 39.8. The average molecular weight is 1830 g/mol. The Balaban J connectivity index is -0.00000164. The van der Waals surface area contributed by atoms with Crippen LogP contribution in [0.3, 0.4) is 0 Å². The number of allylic oxidation sites excluding steroid dienone is 8. The summed E-state index contributed by atoms with van der Waals surface area (Å²) in [6.45, 7) is 41.6. The minimum Gasteiger partial charge on any atom is -0.481 e. The monoisotopic (exact) mass is 1830 g/mol. The minimum absolute atomic E-state index is 0. The molecule has 0 radical (unpaired) electrons. The number of carbonyl (C=O) groups excluding carboxylic acids is 8. The topological polar surface area (TPSA) is 303 Å². The molecule has 1 fully saturated rings. The molecule has 648 valence electrons. The summed E-state index contributed by atoms with van der Waals surface area (Å²) in [4.78, 5) is 120. The maximum atomic E-state index is 13.1. The zero-order valence-corrected chi connectivity index (χ0v) is 71.9. The second kappa shape index (κ2) is 66.8. The van der Waals surface area contributed by atoms with Gasteiger partial charge in [-0.15, -0.1) is 52.6 Å². The second-order valence-corrected chi connectivity index (χ2v) is 28.4. The molecule has 0 saturated carbocycles. The standard InChI is InChI=1S/C40H50O8.C26H37BO6.C20H25IO4.2C2H4O2.2CH4.Pd/c1-5-9-13-17-21-45-37(41)33-25-31(26-34(29-33)38(42)46-22-18-14-10-6-2)32-27-35(39(43)47-23-19-15-11-7-3)30-36(28-32)40(44)48-24-20-16-12-8-4;1-7-9-11-13-15-30-23(28)20-17-21(24(29)31-16-14-12-10-8-2)19-22(18-20)27-32-25(3,4)26(5,6)33-27;1-3-5-7-9-11-24-19(22)16-13-17(15-18(21)14-16)20(23)25-12-10-8-6-4-2;2*1-2(3)4;;;/h5-8,25-30H,1-4,9-24H2;7-8,17-19H,1-2,9-16H2,3-6H3;3-4,13-15H,1-2,5-12H2;2*1H3,(H,3,4);2*1H4;. The molecule has 1 saturated heterocycles. The van der Waals surface area contributed by atoms with E-state index in [9.17, 15) is 38.4 Å². The van der Waals surface area contributed by atoms with Gasteiger partial charge in [0.2, 0.25) is 0 Å². The molecule has 0 aliphatic carbocycles. The van der Waals surface area contributed by atoms with E-state index >= 15 is 0 Å². The molecule has 4 aromatic carbocycles. The molecular weight excluding hydrogens is 1700 g/mol. The zero-order valence-electron chi connectivity index (χ0n) is 68.2. The van der Waals surface area contributed by atoms with E-state index in [-0.39, 0.29) is 95.1 Å². The van der Waals surface area contributed by atoms with Gasteiger partial charge < -0.3 is 57.4 Å². The largest absolute Gasteiger partial charge is 0.494 e. The number of hydrogen-bond acceptors (Lipinski definition) is 20. The first-order valence-electron chi connectivity index (χ1n) is 38.7. The summed E-state index contributed by atoms with van der Waals surface area (Å²) in [5.74, 6) is -5.92. The van der Waals surface area contributed by atoms with E-state index in [0.717, 1.165) is 146 Å². The Bertz CT molecular complexity index is 3430. The van der Waals surface area contributed by atoms with Gasteiger partial charge in [0.1, 0.15) is 0 Å². The van der Waals surface area contributed by atoms with Crippen molar-refractivity contribution in [2.24, 2.45) is 0 Å². The Morgan fingerprint density at radius 2 is 0.470 bits per heavy atom. The van der Waals surface area contributed by atoms with E-state index in [1.165, 1.54) is 24.3 Å². The molecule has 0 aromatic heterocycles. The van der Waals surface area contributed by atoms with Crippen molar-refractivity contribution in [3.8, 4) is 11.1 Å². The number of carboxylic acid groups (broad SMARTS) is 2. The summed E-state index contributed by atoms with van der Waals surface area (Å²) < 4.78 is 56.4. The summed E-state index contributed by atoms with van der Waals surface area (Å²) in [5, 5.41) is 14.8. The molecular formula is C92H128BIO22Pd. The van der Waals surface area contributed by atoms with Gasteiger partial charge in [0, 0.05) is 37.8 Å². The molecule has 2 N–H and O–H groups in total. The van der Waals surface area contributed by atoms with Crippen LogP contribution in [0.1, 0.15) is 293 Å². The molecule has 5 rings (SSSR count). The van der Waals surface area contributed by atoms with Gasteiger partial charge in [-0.25, -0.2) is 38.4 Å². The zero-order chi connectivity index (χ0) is 85.1. The Morgan fingerprint density at radius 1 is 0.316 bits per heavy atom. The van der Waals surface area contributed by atoms with Crippen LogP contribution in [-0.2, 0) is 77.2 Å². The summed E-state index contributed by atoms with van der Waals surface area (Å²) in [7, 11) is -0.713. The quantitative estimate of drug-likeness (QED) is 0.0104. The Hall–Kier alpha value is -9.12. The van der Waals surface area contributed by atoms with Gasteiger partial charge in [0.05, 0.1) is 109 Å². The van der Waals surface area contributed by atoms with Crippen molar-refractivity contribution >= 4 is 94.9 Å². The van der Waals surface area contributed by atoms with Crippen molar-refractivity contribution in [2.75, 3.05) is 52.9 Å². The van der Waals surface area contributed by atoms with Crippen molar-refractivity contribution in [1.29, 1.82) is 0 Å². The maximum Gasteiger partial charge on any atom is 0.494 e. The molecule has 1 aliphatic rings. The number of carbonyl (C=O) groups is 10. The van der Waals surface area contributed by atoms with Crippen LogP contribution in [0, 0.1) is 3.57 Å². The number of rotatable bonds is 50. The van der Waals surface area contributed by atoms with Crippen molar-refractivity contribution < 1.29 is 126 Å². The first kappa shape index (κ1) is 112. The SMILES string of the molecule is C.C.C=CCCCCOC(=O)c1cc(B2OC(C)(C)C(C)(C)O2)cc(C(=O)OCCCCC=C)c1.C=CCCCCOC(=O)c1cc(C(=O)OCCCCC=C)cc(-c2cc(C(=O)OCCCCC=C)cc(C(=O)OCCCCC=C)c2)c1.C=CCCCCOC(=O)c1cc(I)cc(C(=O)OCCCCC=C)c1.CC(=O)O.CC(=O)O.[Pd]. The van der Waals surface area contributed by atoms with Crippen molar-refractivity contribution in [3.05, 3.63) is 222 Å². The Morgan fingerprint density at radius 3 is 0.632 bits per heavy atom. The average Bonchev–Trinajstić information content (AvgIpc) is 1.66. The molecule has 0 amide bonds. The van der Waals surface area contributed by atoms with Crippen LogP contribution in [-0.4, -0.2) is 141 Å². The third kappa shape index (κ3) is 49.6. The number of hydrogen-bond donors (Lipinski definition) is 2. The number of ether oxygens (including phenoxy) is 8. The van der Waals surface area contributed by atoms with E-state index in [4.69, 9.17) is 67.0 Å². The third-order valence-electron chi connectivity index (χ3n) is 16.7. The van der Waals surface area contributed by atoms with Gasteiger partial charge in [0.25, 0.3) is 11.9 Å². The molecule has 0 unspecified atom stereocenters. The van der Waals surface area contributed by atoms with Crippen LogP contribution in [0.25, 0.3) is 11.1 Å². The van der Waals surface area contributed by atoms with Gasteiger partial charge in [-0.3, -0.25) is 9.59 Å². The summed E-state index contributed by atoms with van der Waals surface area (Å²) in [5.41, 5.74) is 2.12. The van der Waals surface area contributed by atoms with E-state index < -0.39 is 78.0 Å². The molecule has 117 heavy (non-hydrogen) atoms. The van der Waals surface area contributed by atoms with Gasteiger partial charge >= 0.3 is 54.9 Å². The van der Waals surface area contributed by atoms with Gasteiger partial charge in [0.15, 0.2) is 0 Å². The number of esters is 8. The molecule has 25 heteroatoms. The Labute approximate surface area is 723 Å². The molecule has 4 aromatic rings. The summed E-state index contributed by atoms with van der Waals surface area (Å²) in [6.07, 6.45) is 34.1. The molecule has 0 spiro atoms. The number of halogens is 1. The predicted octanol–water partition coefficient (Wildman–Crippen LogP) is 21.2.